The molecule has 0 atom stereocenters. The molecule has 0 bridgehead atoms. The number of hydrogen-bond acceptors (Lipinski definition) is 8. The van der Waals surface area contributed by atoms with E-state index in [0.717, 1.165) is 97.1 Å². The average molecular weight is 691 g/mol. The van der Waals surface area contributed by atoms with Gasteiger partial charge in [0, 0.05) is 78.9 Å². The Balaban J connectivity index is 1.08. The van der Waals surface area contributed by atoms with E-state index in [0.29, 0.717) is 19.5 Å². The Morgan fingerprint density at radius 2 is 1.61 bits per heavy atom. The molecule has 2 aromatic carbocycles. The zero-order chi connectivity index (χ0) is 35.2. The number of ether oxygens (including phenoxy) is 1. The number of para-hydroxylation sites is 1. The van der Waals surface area contributed by atoms with Gasteiger partial charge in [-0.1, -0.05) is 55.0 Å². The van der Waals surface area contributed by atoms with Gasteiger partial charge in [-0.15, -0.1) is 11.3 Å². The maximum Gasteiger partial charge on any atom is 0.411 e. The molecule has 3 aromatic rings. The third-order valence-corrected chi connectivity index (χ3v) is 10.5. The highest BCUT2D eigenvalue weighted by Gasteiger charge is 2.23. The van der Waals surface area contributed by atoms with Gasteiger partial charge in [0.15, 0.2) is 0 Å². The topological polar surface area (TPSA) is 97.5 Å². The number of unbranched alkanes of at least 4 members (excludes halogenated alkanes) is 2. The summed E-state index contributed by atoms with van der Waals surface area (Å²) < 4.78 is 5.78. The molecule has 2 heterocycles. The number of nitrogens with one attached hydrogen (secondary N) is 2. The molecule has 0 aliphatic carbocycles. The lowest BCUT2D eigenvalue weighted by Gasteiger charge is -2.32. The molecule has 1 aliphatic rings. The minimum atomic E-state index is -0.426. The van der Waals surface area contributed by atoms with Gasteiger partial charge in [0.25, 0.3) is 5.91 Å². The van der Waals surface area contributed by atoms with Crippen LogP contribution in [-0.2, 0) is 9.53 Å². The van der Waals surface area contributed by atoms with E-state index < -0.39 is 6.09 Å². The van der Waals surface area contributed by atoms with Gasteiger partial charge in [-0.3, -0.25) is 14.9 Å². The number of likely N-dealkylation sites (tertiary alicyclic amines) is 1. The van der Waals surface area contributed by atoms with Gasteiger partial charge in [-0.05, 0) is 62.9 Å². The third-order valence-electron chi connectivity index (χ3n) is 9.14. The molecule has 0 saturated carbocycles. The molecule has 0 radical (unpaired) electrons. The van der Waals surface area contributed by atoms with Crippen LogP contribution in [0.4, 0.5) is 15.5 Å². The fourth-order valence-corrected chi connectivity index (χ4v) is 7.10. The SMILES string of the molecule is CNCCN(C)C(=O)c1sc(N(C)CCCCCC(=O)N(C)CCN2CCC(OC(=O)Nc3ccccc3-c3ccccc3)CC2)cc1C. The fourth-order valence-electron chi connectivity index (χ4n) is 5.94. The van der Waals surface area contributed by atoms with Crippen LogP contribution in [0.25, 0.3) is 11.1 Å². The van der Waals surface area contributed by atoms with E-state index in [1.54, 1.807) is 16.2 Å². The molecule has 1 fully saturated rings. The number of carbonyl (C=O) groups excluding carboxylic acids is 3. The first kappa shape index (κ1) is 37.9. The molecule has 1 aliphatic heterocycles. The Hall–Kier alpha value is -3.93. The lowest BCUT2D eigenvalue weighted by molar-refractivity contribution is -0.130. The van der Waals surface area contributed by atoms with Gasteiger partial charge in [0.1, 0.15) is 6.10 Å². The van der Waals surface area contributed by atoms with E-state index >= 15 is 0 Å². The van der Waals surface area contributed by atoms with Crippen LogP contribution in [0.3, 0.4) is 0 Å². The summed E-state index contributed by atoms with van der Waals surface area (Å²) >= 11 is 1.55. The summed E-state index contributed by atoms with van der Waals surface area (Å²) in [4.78, 5) is 47.3. The standard InChI is InChI=1S/C38H54N6O4S/c1-29-28-35(49-36(29)37(46)43(5)25-21-39-2)42(4)22-13-7-10-18-34(45)41(3)26-27-44-23-19-31(20-24-44)48-38(47)40-33-17-12-11-16-32(33)30-14-8-6-9-15-30/h6,8-9,11-12,14-17,28,31,39H,7,10,13,18-27H2,1-5H3,(H,40,47). The second kappa shape index (κ2) is 19.3. The highest BCUT2D eigenvalue weighted by molar-refractivity contribution is 7.18. The zero-order valence-electron chi connectivity index (χ0n) is 29.9. The molecule has 4 rings (SSSR count). The van der Waals surface area contributed by atoms with Crippen molar-refractivity contribution in [2.75, 3.05) is 84.2 Å². The minimum absolute atomic E-state index is 0.0695. The van der Waals surface area contributed by atoms with Gasteiger partial charge in [0.2, 0.25) is 5.91 Å². The largest absolute Gasteiger partial charge is 0.446 e. The molecule has 49 heavy (non-hydrogen) atoms. The van der Waals surface area contributed by atoms with Gasteiger partial charge in [-0.2, -0.15) is 0 Å². The van der Waals surface area contributed by atoms with Gasteiger partial charge in [-0.25, -0.2) is 4.79 Å². The highest BCUT2D eigenvalue weighted by Crippen LogP contribution is 2.31. The van der Waals surface area contributed by atoms with Crippen molar-refractivity contribution in [1.29, 1.82) is 0 Å². The number of benzene rings is 2. The molecule has 266 valence electrons. The van der Waals surface area contributed by atoms with Crippen molar-refractivity contribution in [2.24, 2.45) is 0 Å². The normalized spacial score (nSPS) is 13.6. The van der Waals surface area contributed by atoms with Crippen molar-refractivity contribution in [3.05, 3.63) is 71.1 Å². The maximum absolute atomic E-state index is 12.8. The molecule has 3 amide bonds. The number of piperidine rings is 1. The highest BCUT2D eigenvalue weighted by atomic mass is 32.1. The fraction of sp³-hybridized carbons (Fsp3) is 0.500. The Bertz CT molecular complexity index is 1490. The van der Waals surface area contributed by atoms with E-state index in [1.807, 2.05) is 87.6 Å². The summed E-state index contributed by atoms with van der Waals surface area (Å²) in [6.45, 7) is 7.49. The van der Waals surface area contributed by atoms with Crippen molar-refractivity contribution >= 4 is 39.9 Å². The molecule has 0 spiro atoms. The van der Waals surface area contributed by atoms with Crippen LogP contribution >= 0.6 is 11.3 Å². The Labute approximate surface area is 296 Å². The lowest BCUT2D eigenvalue weighted by atomic mass is 10.0. The van der Waals surface area contributed by atoms with E-state index in [9.17, 15) is 14.4 Å². The molecule has 11 heteroatoms. The lowest BCUT2D eigenvalue weighted by Crippen LogP contribution is -2.42. The predicted octanol–water partition coefficient (Wildman–Crippen LogP) is 6.18. The van der Waals surface area contributed by atoms with Crippen LogP contribution in [0.5, 0.6) is 0 Å². The Morgan fingerprint density at radius 3 is 2.35 bits per heavy atom. The van der Waals surface area contributed by atoms with Crippen LogP contribution in [-0.4, -0.2) is 113 Å². The monoisotopic (exact) mass is 690 g/mol. The van der Waals surface area contributed by atoms with Gasteiger partial charge >= 0.3 is 6.09 Å². The van der Waals surface area contributed by atoms with E-state index in [-0.39, 0.29) is 17.9 Å². The van der Waals surface area contributed by atoms with Crippen molar-refractivity contribution in [2.45, 2.75) is 51.6 Å². The summed E-state index contributed by atoms with van der Waals surface area (Å²) in [6, 6.07) is 19.8. The smallest absolute Gasteiger partial charge is 0.411 e. The summed E-state index contributed by atoms with van der Waals surface area (Å²) in [7, 11) is 7.69. The number of carbonyl (C=O) groups is 3. The molecule has 0 unspecified atom stereocenters. The van der Waals surface area contributed by atoms with Crippen molar-refractivity contribution in [3.63, 3.8) is 0 Å². The van der Waals surface area contributed by atoms with Gasteiger partial charge < -0.3 is 29.7 Å². The molecule has 1 aromatic heterocycles. The van der Waals surface area contributed by atoms with Crippen molar-refractivity contribution < 1.29 is 19.1 Å². The summed E-state index contributed by atoms with van der Waals surface area (Å²) in [5.74, 6) is 0.249. The Morgan fingerprint density at radius 1 is 0.898 bits per heavy atom. The number of thiophene rings is 1. The quantitative estimate of drug-likeness (QED) is 0.163. The van der Waals surface area contributed by atoms with Crippen LogP contribution in [0.15, 0.2) is 60.7 Å². The van der Waals surface area contributed by atoms with Crippen LogP contribution in [0, 0.1) is 6.92 Å². The number of likely N-dealkylation sites (N-methyl/N-ethyl adjacent to an activating group) is 3. The van der Waals surface area contributed by atoms with Crippen LogP contribution in [0.1, 0.15) is 53.8 Å². The average Bonchev–Trinajstić information content (AvgIpc) is 3.51. The second-order valence-electron chi connectivity index (χ2n) is 13.0. The van der Waals surface area contributed by atoms with Crippen molar-refractivity contribution in [3.8, 4) is 11.1 Å². The summed E-state index contributed by atoms with van der Waals surface area (Å²) in [5.41, 5.74) is 3.75. The molecular formula is C38H54N6O4S. The number of hydrogen-bond donors (Lipinski definition) is 2. The van der Waals surface area contributed by atoms with E-state index in [2.05, 4.69) is 33.5 Å². The number of nitrogens with zero attached hydrogens (tertiary/aromatic N) is 4. The number of amides is 3. The molecule has 2 N–H and O–H groups in total. The molecule has 10 nitrogen and oxygen atoms in total. The minimum Gasteiger partial charge on any atom is -0.446 e. The van der Waals surface area contributed by atoms with Crippen LogP contribution < -0.4 is 15.5 Å². The zero-order valence-corrected chi connectivity index (χ0v) is 30.7. The number of aryl methyl sites for hydroxylation is 1. The van der Waals surface area contributed by atoms with Gasteiger partial charge in [0.05, 0.1) is 15.6 Å². The number of anilines is 2. The second-order valence-corrected chi connectivity index (χ2v) is 14.0. The first-order valence-corrected chi connectivity index (χ1v) is 18.3. The van der Waals surface area contributed by atoms with E-state index in [1.165, 1.54) is 0 Å². The first-order valence-electron chi connectivity index (χ1n) is 17.5. The van der Waals surface area contributed by atoms with E-state index in [4.69, 9.17) is 4.74 Å². The number of rotatable bonds is 17. The predicted molar refractivity (Wildman–Crippen MR) is 201 cm³/mol. The molecular weight excluding hydrogens is 637 g/mol. The summed E-state index contributed by atoms with van der Waals surface area (Å²) in [5, 5.41) is 7.12. The third kappa shape index (κ3) is 11.6. The maximum atomic E-state index is 12.8. The molecule has 1 saturated heterocycles. The van der Waals surface area contributed by atoms with Crippen molar-refractivity contribution in [1.82, 2.24) is 20.0 Å². The Kier molecular flexibility index (Phi) is 14.9. The van der Waals surface area contributed by atoms with Crippen LogP contribution in [0.2, 0.25) is 0 Å². The first-order chi connectivity index (χ1) is 23.7. The summed E-state index contributed by atoms with van der Waals surface area (Å²) in [6.07, 6.45) is 4.38.